The molecule has 0 amide bonds. The molecular formula is C18H26N4O4. The fourth-order valence-electron chi connectivity index (χ4n) is 2.84. The third kappa shape index (κ3) is 4.28. The molecule has 26 heavy (non-hydrogen) atoms. The maximum Gasteiger partial charge on any atom is 0.141 e. The first-order valence-electron chi connectivity index (χ1n) is 8.39. The van der Waals surface area contributed by atoms with Crippen LogP contribution in [0.4, 0.5) is 0 Å². The number of hydrogen-bond acceptors (Lipinski definition) is 8. The Balaban J connectivity index is 2.38. The smallest absolute Gasteiger partial charge is 0.141 e. The molecule has 142 valence electrons. The van der Waals surface area contributed by atoms with Crippen LogP contribution in [0, 0.1) is 13.8 Å². The van der Waals surface area contributed by atoms with E-state index in [0.717, 1.165) is 0 Å². The number of nitrogens with two attached hydrogens (primary N) is 1. The lowest BCUT2D eigenvalue weighted by Gasteiger charge is -2.25. The van der Waals surface area contributed by atoms with Crippen molar-refractivity contribution in [3.8, 4) is 11.5 Å². The first-order valence-corrected chi connectivity index (χ1v) is 8.39. The second kappa shape index (κ2) is 8.91. The third-order valence-electron chi connectivity index (χ3n) is 4.41. The average molecular weight is 362 g/mol. The maximum absolute atomic E-state index is 10.4. The first kappa shape index (κ1) is 20.1. The van der Waals surface area contributed by atoms with Gasteiger partial charge in [-0.3, -0.25) is 14.9 Å². The molecular weight excluding hydrogens is 336 g/mol. The highest BCUT2D eigenvalue weighted by Gasteiger charge is 2.19. The van der Waals surface area contributed by atoms with E-state index in [1.54, 1.807) is 13.8 Å². The van der Waals surface area contributed by atoms with E-state index in [-0.39, 0.29) is 24.7 Å². The molecule has 0 spiro atoms. The quantitative estimate of drug-likeness (QED) is 0.457. The number of aromatic nitrogens is 2. The molecule has 0 saturated heterocycles. The highest BCUT2D eigenvalue weighted by Crippen LogP contribution is 2.29. The van der Waals surface area contributed by atoms with Crippen molar-refractivity contribution in [1.29, 1.82) is 0 Å². The summed E-state index contributed by atoms with van der Waals surface area (Å²) < 4.78 is 0. The minimum absolute atomic E-state index is 0.0380. The summed E-state index contributed by atoms with van der Waals surface area (Å²) in [7, 11) is 0. The fourth-order valence-corrected chi connectivity index (χ4v) is 2.84. The highest BCUT2D eigenvalue weighted by atomic mass is 16.3. The molecule has 0 aliphatic heterocycles. The Labute approximate surface area is 152 Å². The number of pyridine rings is 2. The lowest BCUT2D eigenvalue weighted by atomic mass is 10.0. The standard InChI is InChI=1S/C18H26N4O4/c1-11-17(25)15(13(9-23)5-20-11)7-22(4-3-19)8-16-14(10-24)6-21-12(2)18(16)26/h5-6,23-26H,3-4,7-10,19H2,1-2H3. The van der Waals surface area contributed by atoms with Crippen LogP contribution in [0.1, 0.15) is 33.6 Å². The van der Waals surface area contributed by atoms with Crippen LogP contribution in [-0.2, 0) is 26.3 Å². The molecule has 0 aliphatic carbocycles. The minimum atomic E-state index is -0.242. The van der Waals surface area contributed by atoms with Crippen molar-refractivity contribution in [3.05, 3.63) is 46.0 Å². The van der Waals surface area contributed by atoms with E-state index in [0.29, 0.717) is 59.8 Å². The Hall–Kier alpha value is -2.26. The molecule has 0 fully saturated rings. The van der Waals surface area contributed by atoms with E-state index in [2.05, 4.69) is 9.97 Å². The number of aliphatic hydroxyl groups is 2. The summed E-state index contributed by atoms with van der Waals surface area (Å²) >= 11 is 0. The Bertz CT molecular complexity index is 706. The fraction of sp³-hybridized carbons (Fsp3) is 0.444. The van der Waals surface area contributed by atoms with Gasteiger partial charge < -0.3 is 26.2 Å². The molecule has 0 aliphatic rings. The lowest BCUT2D eigenvalue weighted by Crippen LogP contribution is -2.30. The number of rotatable bonds is 8. The summed E-state index contributed by atoms with van der Waals surface area (Å²) in [6, 6.07) is 0. The van der Waals surface area contributed by atoms with Gasteiger partial charge in [-0.15, -0.1) is 0 Å². The molecule has 0 radical (unpaired) electrons. The van der Waals surface area contributed by atoms with Gasteiger partial charge in [-0.1, -0.05) is 0 Å². The van der Waals surface area contributed by atoms with Crippen LogP contribution in [-0.4, -0.2) is 48.4 Å². The molecule has 2 aromatic heterocycles. The number of aryl methyl sites for hydroxylation is 2. The van der Waals surface area contributed by atoms with Gasteiger partial charge in [-0.2, -0.15) is 0 Å². The van der Waals surface area contributed by atoms with Crippen molar-refractivity contribution in [2.75, 3.05) is 13.1 Å². The summed E-state index contributed by atoms with van der Waals surface area (Å²) in [6.07, 6.45) is 3.08. The van der Waals surface area contributed by atoms with E-state index < -0.39 is 0 Å². The van der Waals surface area contributed by atoms with Gasteiger partial charge in [0.05, 0.1) is 24.6 Å². The molecule has 2 aromatic rings. The van der Waals surface area contributed by atoms with Crippen LogP contribution in [0.15, 0.2) is 12.4 Å². The van der Waals surface area contributed by atoms with Crippen molar-refractivity contribution in [2.45, 2.75) is 40.2 Å². The van der Waals surface area contributed by atoms with Crippen molar-refractivity contribution in [3.63, 3.8) is 0 Å². The molecule has 6 N–H and O–H groups in total. The molecule has 0 atom stereocenters. The normalized spacial score (nSPS) is 11.3. The van der Waals surface area contributed by atoms with Crippen molar-refractivity contribution in [2.24, 2.45) is 5.73 Å². The van der Waals surface area contributed by atoms with Crippen LogP contribution in [0.5, 0.6) is 11.5 Å². The van der Waals surface area contributed by atoms with E-state index in [9.17, 15) is 20.4 Å². The van der Waals surface area contributed by atoms with Crippen LogP contribution in [0.25, 0.3) is 0 Å². The summed E-state index contributed by atoms with van der Waals surface area (Å²) in [5.41, 5.74) is 8.89. The molecule has 8 heteroatoms. The van der Waals surface area contributed by atoms with Gasteiger partial charge in [0.2, 0.25) is 0 Å². The second-order valence-corrected chi connectivity index (χ2v) is 6.21. The van der Waals surface area contributed by atoms with E-state index in [1.807, 2.05) is 4.90 Å². The monoisotopic (exact) mass is 362 g/mol. The molecule has 2 rings (SSSR count). The molecule has 8 nitrogen and oxygen atoms in total. The molecule has 0 saturated carbocycles. The lowest BCUT2D eigenvalue weighted by molar-refractivity contribution is 0.239. The minimum Gasteiger partial charge on any atom is -0.506 e. The SMILES string of the molecule is Cc1ncc(CO)c(CN(CCN)Cc2c(CO)cnc(C)c2O)c1O. The van der Waals surface area contributed by atoms with Crippen LogP contribution < -0.4 is 5.73 Å². The molecule has 0 aromatic carbocycles. The molecule has 2 heterocycles. The third-order valence-corrected chi connectivity index (χ3v) is 4.41. The first-order chi connectivity index (χ1) is 12.4. The van der Waals surface area contributed by atoms with Gasteiger partial charge in [-0.25, -0.2) is 0 Å². The van der Waals surface area contributed by atoms with E-state index in [4.69, 9.17) is 5.73 Å². The van der Waals surface area contributed by atoms with Crippen LogP contribution >= 0.6 is 0 Å². The predicted octanol–water partition coefficient (Wildman–Crippen LogP) is 0.450. The van der Waals surface area contributed by atoms with Gasteiger partial charge in [0.1, 0.15) is 11.5 Å². The number of hydrogen-bond donors (Lipinski definition) is 5. The van der Waals surface area contributed by atoms with Crippen molar-refractivity contribution < 1.29 is 20.4 Å². The maximum atomic E-state index is 10.4. The average Bonchev–Trinajstić information content (AvgIpc) is 2.63. The zero-order valence-corrected chi connectivity index (χ0v) is 15.1. The van der Waals surface area contributed by atoms with Crippen LogP contribution in [0.2, 0.25) is 0 Å². The van der Waals surface area contributed by atoms with Gasteiger partial charge >= 0.3 is 0 Å². The van der Waals surface area contributed by atoms with Crippen molar-refractivity contribution >= 4 is 0 Å². The number of nitrogens with zero attached hydrogens (tertiary/aromatic N) is 3. The summed E-state index contributed by atoms with van der Waals surface area (Å²) in [5, 5.41) is 39.8. The van der Waals surface area contributed by atoms with E-state index in [1.165, 1.54) is 12.4 Å². The Morgan fingerprint density at radius 1 is 0.885 bits per heavy atom. The van der Waals surface area contributed by atoms with Gasteiger partial charge in [-0.05, 0) is 13.8 Å². The predicted molar refractivity (Wildman–Crippen MR) is 96.3 cm³/mol. The highest BCUT2D eigenvalue weighted by molar-refractivity contribution is 5.42. The largest absolute Gasteiger partial charge is 0.506 e. The zero-order valence-electron chi connectivity index (χ0n) is 15.1. The molecule has 0 unspecified atom stereocenters. The van der Waals surface area contributed by atoms with Gasteiger partial charge in [0.15, 0.2) is 0 Å². The van der Waals surface area contributed by atoms with Crippen LogP contribution in [0.3, 0.4) is 0 Å². The summed E-state index contributed by atoms with van der Waals surface area (Å²) in [6.45, 7) is 4.39. The summed E-state index contributed by atoms with van der Waals surface area (Å²) in [4.78, 5) is 10.1. The Morgan fingerprint density at radius 3 is 1.65 bits per heavy atom. The number of aromatic hydroxyl groups is 2. The Kier molecular flexibility index (Phi) is 6.87. The van der Waals surface area contributed by atoms with Crippen molar-refractivity contribution in [1.82, 2.24) is 14.9 Å². The molecule has 0 bridgehead atoms. The summed E-state index contributed by atoms with van der Waals surface area (Å²) in [5.74, 6) is 0.0761. The number of aliphatic hydroxyl groups excluding tert-OH is 2. The van der Waals surface area contributed by atoms with E-state index >= 15 is 0 Å². The van der Waals surface area contributed by atoms with Gasteiger partial charge in [0, 0.05) is 60.8 Å². The second-order valence-electron chi connectivity index (χ2n) is 6.21. The topological polar surface area (TPSA) is 136 Å². The Morgan fingerprint density at radius 2 is 1.31 bits per heavy atom. The van der Waals surface area contributed by atoms with Gasteiger partial charge in [0.25, 0.3) is 0 Å². The zero-order chi connectivity index (χ0) is 19.3.